The number of amides is 1. The minimum absolute atomic E-state index is 0.00479. The number of carbonyl (C=O) groups excluding carboxylic acids is 1. The Balaban J connectivity index is 1.68. The van der Waals surface area contributed by atoms with E-state index in [0.717, 1.165) is 5.56 Å². The zero-order valence-corrected chi connectivity index (χ0v) is 25.0. The number of ether oxygens (including phenoxy) is 1. The first kappa shape index (κ1) is 30.5. The second kappa shape index (κ2) is 12.2. The summed E-state index contributed by atoms with van der Waals surface area (Å²) in [5.74, 6) is -0.562. The molecule has 0 aromatic heterocycles. The van der Waals surface area contributed by atoms with Crippen molar-refractivity contribution in [2.24, 2.45) is 5.92 Å². The molecule has 1 heterocycles. The van der Waals surface area contributed by atoms with E-state index in [-0.39, 0.29) is 52.4 Å². The lowest BCUT2D eigenvalue weighted by molar-refractivity contribution is 0.0387. The van der Waals surface area contributed by atoms with Crippen LogP contribution in [0.15, 0.2) is 82.6 Å². The molecular formula is C29H35N3O7S2. The van der Waals surface area contributed by atoms with Crippen molar-refractivity contribution < 1.29 is 31.5 Å². The number of fused-ring (bicyclic) bond motifs is 1. The van der Waals surface area contributed by atoms with Gasteiger partial charge in [-0.1, -0.05) is 42.8 Å². The molecule has 1 amide bonds. The van der Waals surface area contributed by atoms with Crippen LogP contribution in [0.25, 0.3) is 0 Å². The van der Waals surface area contributed by atoms with Crippen LogP contribution in [0, 0.1) is 12.8 Å². The average Bonchev–Trinajstić information content (AvgIpc) is 2.95. The number of anilines is 1. The lowest BCUT2D eigenvalue weighted by Gasteiger charge is -2.38. The zero-order valence-electron chi connectivity index (χ0n) is 23.4. The Morgan fingerprint density at radius 1 is 1.02 bits per heavy atom. The second-order valence-corrected chi connectivity index (χ2v) is 14.1. The topological polar surface area (TPSA) is 133 Å². The largest absolute Gasteiger partial charge is 0.488 e. The number of nitrogens with zero attached hydrogens (tertiary/aromatic N) is 2. The molecule has 0 saturated heterocycles. The Morgan fingerprint density at radius 3 is 2.32 bits per heavy atom. The van der Waals surface area contributed by atoms with Crippen LogP contribution in [0.3, 0.4) is 0 Å². The molecule has 0 aliphatic carbocycles. The number of rotatable bonds is 9. The molecule has 0 saturated carbocycles. The number of hydrogen-bond acceptors (Lipinski definition) is 7. The van der Waals surface area contributed by atoms with Crippen molar-refractivity contribution in [1.29, 1.82) is 0 Å². The number of sulfonamides is 2. The first-order valence-electron chi connectivity index (χ1n) is 13.2. The minimum atomic E-state index is -3.93. The molecule has 0 bridgehead atoms. The monoisotopic (exact) mass is 601 g/mol. The van der Waals surface area contributed by atoms with E-state index in [0.29, 0.717) is 0 Å². The molecule has 10 nitrogen and oxygen atoms in total. The summed E-state index contributed by atoms with van der Waals surface area (Å²) in [6.45, 7) is 5.30. The van der Waals surface area contributed by atoms with Crippen molar-refractivity contribution in [3.8, 4) is 5.75 Å². The molecular weight excluding hydrogens is 566 g/mol. The number of aliphatic hydroxyl groups excluding tert-OH is 1. The van der Waals surface area contributed by atoms with Gasteiger partial charge in [0, 0.05) is 25.2 Å². The Bertz CT molecular complexity index is 1600. The summed E-state index contributed by atoms with van der Waals surface area (Å²) in [6.07, 6.45) is -0.658. The Labute approximate surface area is 241 Å². The highest BCUT2D eigenvalue weighted by molar-refractivity contribution is 7.92. The smallest absolute Gasteiger partial charge is 0.261 e. The van der Waals surface area contributed by atoms with Crippen LogP contribution >= 0.6 is 0 Å². The van der Waals surface area contributed by atoms with Gasteiger partial charge in [0.1, 0.15) is 11.9 Å². The first-order valence-corrected chi connectivity index (χ1v) is 16.1. The third-order valence-electron chi connectivity index (χ3n) is 7.14. The molecule has 3 aromatic rings. The number of benzene rings is 3. The summed E-state index contributed by atoms with van der Waals surface area (Å²) >= 11 is 0. The van der Waals surface area contributed by atoms with Crippen molar-refractivity contribution >= 4 is 31.6 Å². The van der Waals surface area contributed by atoms with Gasteiger partial charge in [0.05, 0.1) is 34.5 Å². The number of aryl methyl sites for hydroxylation is 1. The number of carbonyl (C=O) groups is 1. The van der Waals surface area contributed by atoms with Crippen LogP contribution < -0.4 is 9.46 Å². The van der Waals surface area contributed by atoms with Gasteiger partial charge in [-0.2, -0.15) is 4.31 Å². The second-order valence-electron chi connectivity index (χ2n) is 10.4. The fraction of sp³-hybridized carbons (Fsp3) is 0.345. The standard InChI is InChI=1S/C29H35N3O7S2/c1-20-10-13-24(14-11-20)40(35,36)30-23-12-15-27-26(16-23)29(34)32(22(3)19-33)17-21(2)28(39-27)18-31(4)41(37,38)25-8-6-5-7-9-25/h5-16,21-22,28,30,33H,17-19H2,1-4H3/t21-,22+,28+/m0/s1. The van der Waals surface area contributed by atoms with E-state index < -0.39 is 38.1 Å². The lowest BCUT2D eigenvalue weighted by Crippen LogP contribution is -2.50. The van der Waals surface area contributed by atoms with Crippen molar-refractivity contribution in [2.75, 3.05) is 31.5 Å². The fourth-order valence-electron chi connectivity index (χ4n) is 4.56. The lowest BCUT2D eigenvalue weighted by atomic mass is 9.99. The van der Waals surface area contributed by atoms with Gasteiger partial charge in [-0.25, -0.2) is 16.8 Å². The maximum absolute atomic E-state index is 13.7. The van der Waals surface area contributed by atoms with E-state index in [9.17, 15) is 26.7 Å². The Morgan fingerprint density at radius 2 is 1.68 bits per heavy atom. The average molecular weight is 602 g/mol. The van der Waals surface area contributed by atoms with Crippen molar-refractivity contribution in [1.82, 2.24) is 9.21 Å². The molecule has 3 atom stereocenters. The maximum Gasteiger partial charge on any atom is 0.261 e. The minimum Gasteiger partial charge on any atom is -0.488 e. The Kier molecular flexibility index (Phi) is 9.07. The van der Waals surface area contributed by atoms with Gasteiger partial charge in [0.25, 0.3) is 15.9 Å². The SMILES string of the molecule is Cc1ccc(S(=O)(=O)Nc2ccc3c(c2)C(=O)N([C@H](C)CO)C[C@H](C)[C@@H](CN(C)S(=O)(=O)c2ccccc2)O3)cc1. The van der Waals surface area contributed by atoms with Gasteiger partial charge in [-0.15, -0.1) is 0 Å². The van der Waals surface area contributed by atoms with Crippen molar-refractivity contribution in [3.63, 3.8) is 0 Å². The molecule has 0 radical (unpaired) electrons. The van der Waals surface area contributed by atoms with Crippen LogP contribution in [-0.2, 0) is 20.0 Å². The molecule has 41 heavy (non-hydrogen) atoms. The molecule has 3 aromatic carbocycles. The molecule has 0 spiro atoms. The van der Waals surface area contributed by atoms with Gasteiger partial charge in [-0.05, 0) is 56.3 Å². The summed E-state index contributed by atoms with van der Waals surface area (Å²) in [6, 6.07) is 18.3. The molecule has 12 heteroatoms. The highest BCUT2D eigenvalue weighted by Crippen LogP contribution is 2.32. The Hall–Kier alpha value is -3.45. The summed E-state index contributed by atoms with van der Waals surface area (Å²) in [5.41, 5.74) is 1.17. The molecule has 220 valence electrons. The maximum atomic E-state index is 13.7. The van der Waals surface area contributed by atoms with Crippen LogP contribution in [0.4, 0.5) is 5.69 Å². The number of aliphatic hydroxyl groups is 1. The zero-order chi connectivity index (χ0) is 29.9. The number of nitrogens with one attached hydrogen (secondary N) is 1. The third kappa shape index (κ3) is 6.72. The van der Waals surface area contributed by atoms with Gasteiger partial charge >= 0.3 is 0 Å². The molecule has 2 N–H and O–H groups in total. The van der Waals surface area contributed by atoms with Crippen LogP contribution in [-0.4, -0.2) is 75.9 Å². The van der Waals surface area contributed by atoms with Crippen LogP contribution in [0.2, 0.25) is 0 Å². The summed E-state index contributed by atoms with van der Waals surface area (Å²) in [4.78, 5) is 15.4. The summed E-state index contributed by atoms with van der Waals surface area (Å²) < 4.78 is 62.4. The van der Waals surface area contributed by atoms with Gasteiger partial charge in [0.15, 0.2) is 0 Å². The van der Waals surface area contributed by atoms with E-state index in [1.807, 2.05) is 13.8 Å². The number of likely N-dealkylation sites (N-methyl/N-ethyl adjacent to an activating group) is 1. The van der Waals surface area contributed by atoms with Gasteiger partial charge in [0.2, 0.25) is 10.0 Å². The molecule has 4 rings (SSSR count). The summed E-state index contributed by atoms with van der Waals surface area (Å²) in [7, 11) is -6.27. The van der Waals surface area contributed by atoms with E-state index >= 15 is 0 Å². The first-order chi connectivity index (χ1) is 19.3. The van der Waals surface area contributed by atoms with E-state index in [1.165, 1.54) is 58.7 Å². The van der Waals surface area contributed by atoms with E-state index in [2.05, 4.69) is 4.72 Å². The highest BCUT2D eigenvalue weighted by Gasteiger charge is 2.35. The summed E-state index contributed by atoms with van der Waals surface area (Å²) in [5, 5.41) is 9.89. The third-order valence-corrected chi connectivity index (χ3v) is 10.4. The van der Waals surface area contributed by atoms with Gasteiger partial charge < -0.3 is 14.7 Å². The normalized spacial score (nSPS) is 18.7. The molecule has 1 aliphatic rings. The molecule has 0 fully saturated rings. The van der Waals surface area contributed by atoms with Crippen molar-refractivity contribution in [2.45, 2.75) is 42.7 Å². The van der Waals surface area contributed by atoms with E-state index in [1.54, 1.807) is 37.3 Å². The molecule has 1 aliphatic heterocycles. The van der Waals surface area contributed by atoms with Crippen LogP contribution in [0.5, 0.6) is 5.75 Å². The predicted molar refractivity (Wildman–Crippen MR) is 156 cm³/mol. The fourth-order valence-corrected chi connectivity index (χ4v) is 6.81. The van der Waals surface area contributed by atoms with Crippen LogP contribution in [0.1, 0.15) is 29.8 Å². The van der Waals surface area contributed by atoms with E-state index in [4.69, 9.17) is 4.74 Å². The number of hydrogen-bond donors (Lipinski definition) is 2. The van der Waals surface area contributed by atoms with Gasteiger partial charge in [-0.3, -0.25) is 9.52 Å². The highest BCUT2D eigenvalue weighted by atomic mass is 32.2. The quantitative estimate of drug-likeness (QED) is 0.384. The van der Waals surface area contributed by atoms with Crippen molar-refractivity contribution in [3.05, 3.63) is 83.9 Å². The predicted octanol–water partition coefficient (Wildman–Crippen LogP) is 3.34. The molecule has 0 unspecified atom stereocenters.